The van der Waals surface area contributed by atoms with Gasteiger partial charge >= 0.3 is 0 Å². The maximum atomic E-state index is 12.6. The van der Waals surface area contributed by atoms with E-state index in [1.165, 1.54) is 0 Å². The first-order chi connectivity index (χ1) is 11.0. The molecular weight excluding hydrogens is 292 g/mol. The number of aliphatic hydroxyl groups excluding tert-OH is 1. The minimum absolute atomic E-state index is 0.0351. The van der Waals surface area contributed by atoms with Crippen LogP contribution in [0.3, 0.4) is 0 Å². The van der Waals surface area contributed by atoms with Crippen molar-refractivity contribution < 1.29 is 14.6 Å². The molecule has 0 aromatic heterocycles. The summed E-state index contributed by atoms with van der Waals surface area (Å²) in [6.07, 6.45) is 1.57. The van der Waals surface area contributed by atoms with Crippen LogP contribution in [0.4, 0.5) is 5.69 Å². The van der Waals surface area contributed by atoms with Crippen molar-refractivity contribution in [3.05, 3.63) is 23.8 Å². The van der Waals surface area contributed by atoms with E-state index in [1.54, 1.807) is 0 Å². The predicted molar refractivity (Wildman–Crippen MR) is 92.0 cm³/mol. The number of hydrogen-bond acceptors (Lipinski definition) is 4. The Morgan fingerprint density at radius 1 is 1.43 bits per heavy atom. The van der Waals surface area contributed by atoms with Crippen LogP contribution in [0.5, 0.6) is 5.75 Å². The van der Waals surface area contributed by atoms with Crippen molar-refractivity contribution in [3.8, 4) is 5.75 Å². The lowest BCUT2D eigenvalue weighted by Gasteiger charge is -2.37. The Morgan fingerprint density at radius 3 is 2.78 bits per heavy atom. The number of amides is 1. The zero-order valence-corrected chi connectivity index (χ0v) is 14.5. The number of carbonyl (C=O) groups excluding carboxylic acids is 1. The van der Waals surface area contributed by atoms with Crippen LogP contribution in [0.1, 0.15) is 32.8 Å². The van der Waals surface area contributed by atoms with Crippen molar-refractivity contribution in [2.45, 2.75) is 45.7 Å². The number of hydrogen-bond donors (Lipinski definition) is 2. The van der Waals surface area contributed by atoms with E-state index >= 15 is 0 Å². The standard InChI is InChI=1S/C18H28N2O3/c1-5-8-23-15-7-6-13-9-14(11-21)19-18(22)17(12(2)3)20(4)16(13)10-15/h6-7,10,12,14,17,21H,5,8-9,11H2,1-4H3,(H,19,22)/t14-,17-/m1/s1. The number of benzene rings is 1. The average Bonchev–Trinajstić information content (AvgIpc) is 2.51. The normalized spacial score (nSPS) is 21.5. The Hall–Kier alpha value is -1.75. The van der Waals surface area contributed by atoms with E-state index in [0.29, 0.717) is 13.0 Å². The molecule has 5 heteroatoms. The van der Waals surface area contributed by atoms with Crippen LogP contribution >= 0.6 is 0 Å². The van der Waals surface area contributed by atoms with Gasteiger partial charge < -0.3 is 20.1 Å². The molecule has 2 N–H and O–H groups in total. The summed E-state index contributed by atoms with van der Waals surface area (Å²) in [6, 6.07) is 5.48. The second kappa shape index (κ2) is 7.68. The molecule has 0 saturated carbocycles. The van der Waals surface area contributed by atoms with Crippen LogP contribution in [0.2, 0.25) is 0 Å². The van der Waals surface area contributed by atoms with Crippen molar-refractivity contribution in [3.63, 3.8) is 0 Å². The highest BCUT2D eigenvalue weighted by Gasteiger charge is 2.32. The maximum absolute atomic E-state index is 12.6. The number of fused-ring (bicyclic) bond motifs is 1. The highest BCUT2D eigenvalue weighted by atomic mass is 16.5. The van der Waals surface area contributed by atoms with Crippen molar-refractivity contribution in [2.75, 3.05) is 25.2 Å². The van der Waals surface area contributed by atoms with Gasteiger partial charge in [-0.1, -0.05) is 26.8 Å². The lowest BCUT2D eigenvalue weighted by molar-refractivity contribution is -0.124. The zero-order chi connectivity index (χ0) is 17.0. The van der Waals surface area contributed by atoms with Crippen molar-refractivity contribution >= 4 is 11.6 Å². The average molecular weight is 320 g/mol. The molecule has 0 saturated heterocycles. The smallest absolute Gasteiger partial charge is 0.243 e. The Balaban J connectivity index is 2.43. The molecule has 0 unspecified atom stereocenters. The molecule has 23 heavy (non-hydrogen) atoms. The van der Waals surface area contributed by atoms with Gasteiger partial charge in [-0.05, 0) is 30.4 Å². The van der Waals surface area contributed by atoms with E-state index in [-0.39, 0.29) is 30.5 Å². The van der Waals surface area contributed by atoms with Gasteiger partial charge in [-0.2, -0.15) is 0 Å². The third-order valence-corrected chi connectivity index (χ3v) is 4.26. The predicted octanol–water partition coefficient (Wildman–Crippen LogP) is 1.97. The largest absolute Gasteiger partial charge is 0.494 e. The Bertz CT molecular complexity index is 545. The highest BCUT2D eigenvalue weighted by Crippen LogP contribution is 2.31. The molecule has 0 spiro atoms. The van der Waals surface area contributed by atoms with Gasteiger partial charge in [0.15, 0.2) is 0 Å². The number of anilines is 1. The van der Waals surface area contributed by atoms with Gasteiger partial charge in [0.1, 0.15) is 11.8 Å². The number of aliphatic hydroxyl groups is 1. The van der Waals surface area contributed by atoms with Gasteiger partial charge in [-0.25, -0.2) is 0 Å². The van der Waals surface area contributed by atoms with Crippen LogP contribution in [0.25, 0.3) is 0 Å². The summed E-state index contributed by atoms with van der Waals surface area (Å²) in [7, 11) is 1.95. The Morgan fingerprint density at radius 2 is 2.17 bits per heavy atom. The van der Waals surface area contributed by atoms with E-state index in [1.807, 2.05) is 44.0 Å². The minimum atomic E-state index is -0.274. The Labute approximate surface area is 138 Å². The van der Waals surface area contributed by atoms with Gasteiger partial charge in [0.25, 0.3) is 0 Å². The molecule has 1 aliphatic heterocycles. The van der Waals surface area contributed by atoms with Gasteiger partial charge in [-0.3, -0.25) is 4.79 Å². The molecule has 0 radical (unpaired) electrons. The van der Waals surface area contributed by atoms with Gasteiger partial charge in [0, 0.05) is 18.8 Å². The van der Waals surface area contributed by atoms with E-state index in [9.17, 15) is 9.90 Å². The molecular formula is C18H28N2O3. The van der Waals surface area contributed by atoms with Gasteiger partial charge in [-0.15, -0.1) is 0 Å². The number of nitrogens with one attached hydrogen (secondary N) is 1. The zero-order valence-electron chi connectivity index (χ0n) is 14.5. The summed E-state index contributed by atoms with van der Waals surface area (Å²) >= 11 is 0. The second-order valence-corrected chi connectivity index (χ2v) is 6.53. The maximum Gasteiger partial charge on any atom is 0.243 e. The van der Waals surface area contributed by atoms with E-state index in [2.05, 4.69) is 12.2 Å². The fourth-order valence-corrected chi connectivity index (χ4v) is 3.14. The SMILES string of the molecule is CCCOc1ccc2c(c1)N(C)[C@H](C(C)C)C(=O)N[C@@H](CO)C2. The summed E-state index contributed by atoms with van der Waals surface area (Å²) in [5, 5.41) is 12.5. The van der Waals surface area contributed by atoms with Crippen LogP contribution in [-0.2, 0) is 11.2 Å². The van der Waals surface area contributed by atoms with Crippen LogP contribution < -0.4 is 15.0 Å². The Kier molecular flexibility index (Phi) is 5.88. The molecule has 1 amide bonds. The summed E-state index contributed by atoms with van der Waals surface area (Å²) in [4.78, 5) is 14.6. The number of nitrogens with zero attached hydrogens (tertiary/aromatic N) is 1. The van der Waals surface area contributed by atoms with Crippen molar-refractivity contribution in [1.82, 2.24) is 5.32 Å². The van der Waals surface area contributed by atoms with Crippen LogP contribution in [-0.4, -0.2) is 43.4 Å². The van der Waals surface area contributed by atoms with Gasteiger partial charge in [0.05, 0.1) is 19.3 Å². The molecule has 1 aromatic carbocycles. The van der Waals surface area contributed by atoms with E-state index in [0.717, 1.165) is 23.4 Å². The summed E-state index contributed by atoms with van der Waals surface area (Å²) in [5.74, 6) is 0.944. The molecule has 2 atom stereocenters. The van der Waals surface area contributed by atoms with Crippen LogP contribution in [0, 0.1) is 5.92 Å². The second-order valence-electron chi connectivity index (χ2n) is 6.53. The third kappa shape index (κ3) is 3.96. The van der Waals surface area contributed by atoms with Crippen LogP contribution in [0.15, 0.2) is 18.2 Å². The molecule has 2 rings (SSSR count). The molecule has 0 aliphatic carbocycles. The van der Waals surface area contributed by atoms with E-state index in [4.69, 9.17) is 4.74 Å². The van der Waals surface area contributed by atoms with Gasteiger partial charge in [0.2, 0.25) is 5.91 Å². The number of carbonyl (C=O) groups is 1. The summed E-state index contributed by atoms with van der Waals surface area (Å²) < 4.78 is 5.74. The fourth-order valence-electron chi connectivity index (χ4n) is 3.14. The first-order valence-corrected chi connectivity index (χ1v) is 8.37. The monoisotopic (exact) mass is 320 g/mol. The minimum Gasteiger partial charge on any atom is -0.494 e. The fraction of sp³-hybridized carbons (Fsp3) is 0.611. The highest BCUT2D eigenvalue weighted by molar-refractivity contribution is 5.86. The molecule has 128 valence electrons. The molecule has 1 aliphatic rings. The van der Waals surface area contributed by atoms with Crippen molar-refractivity contribution in [1.29, 1.82) is 0 Å². The topological polar surface area (TPSA) is 61.8 Å². The van der Waals surface area contributed by atoms with E-state index < -0.39 is 0 Å². The molecule has 1 aromatic rings. The van der Waals surface area contributed by atoms with Crippen molar-refractivity contribution in [2.24, 2.45) is 5.92 Å². The third-order valence-electron chi connectivity index (χ3n) is 4.26. The molecule has 1 heterocycles. The lowest BCUT2D eigenvalue weighted by Crippen LogP contribution is -2.54. The number of ether oxygens (including phenoxy) is 1. The summed E-state index contributed by atoms with van der Waals surface area (Å²) in [6.45, 7) is 6.76. The molecule has 0 fully saturated rings. The number of likely N-dealkylation sites (N-methyl/N-ethyl adjacent to an activating group) is 1. The first-order valence-electron chi connectivity index (χ1n) is 8.37. The summed E-state index contributed by atoms with van der Waals surface area (Å²) in [5.41, 5.74) is 2.12. The first kappa shape index (κ1) is 17.6. The quantitative estimate of drug-likeness (QED) is 0.871. The number of rotatable bonds is 5. The lowest BCUT2D eigenvalue weighted by atomic mass is 9.95. The molecule has 0 bridgehead atoms. The molecule has 5 nitrogen and oxygen atoms in total.